The van der Waals surface area contributed by atoms with Crippen LogP contribution in [0.5, 0.6) is 0 Å². The Bertz CT molecular complexity index is 444. The Hall–Kier alpha value is -1.49. The highest BCUT2D eigenvalue weighted by atomic mass is 19.1. The number of nitrogens with zero attached hydrogens (tertiary/aromatic N) is 1. The van der Waals surface area contributed by atoms with E-state index in [-0.39, 0.29) is 5.56 Å². The van der Waals surface area contributed by atoms with Crippen LogP contribution in [-0.4, -0.2) is 29.1 Å². The molecule has 1 aromatic carbocycles. The number of carboxylic acids is 1. The predicted octanol–water partition coefficient (Wildman–Crippen LogP) is 2.43. The number of carbonyl (C=O) groups is 1. The molecule has 0 aromatic heterocycles. The molecule has 98 valence electrons. The molecule has 1 aliphatic heterocycles. The Labute approximate surface area is 104 Å². The van der Waals surface area contributed by atoms with Gasteiger partial charge in [-0.15, -0.1) is 0 Å². The van der Waals surface area contributed by atoms with Gasteiger partial charge in [0.05, 0.1) is 5.92 Å². The molecule has 1 saturated heterocycles. The van der Waals surface area contributed by atoms with Crippen molar-refractivity contribution in [1.82, 2.24) is 4.90 Å². The van der Waals surface area contributed by atoms with Crippen LogP contribution in [0.3, 0.4) is 0 Å². The summed E-state index contributed by atoms with van der Waals surface area (Å²) in [5, 5.41) is 8.92. The number of benzene rings is 1. The van der Waals surface area contributed by atoms with Gasteiger partial charge in [-0.2, -0.15) is 0 Å². The van der Waals surface area contributed by atoms with Gasteiger partial charge in [0.15, 0.2) is 0 Å². The number of hydrogen-bond acceptors (Lipinski definition) is 2. The van der Waals surface area contributed by atoms with Crippen molar-refractivity contribution in [3.8, 4) is 0 Å². The number of likely N-dealkylation sites (tertiary alicyclic amines) is 1. The Morgan fingerprint density at radius 2 is 2.06 bits per heavy atom. The smallest absolute Gasteiger partial charge is 0.307 e. The maximum absolute atomic E-state index is 13.6. The highest BCUT2D eigenvalue weighted by Crippen LogP contribution is 2.30. The fourth-order valence-electron chi connectivity index (χ4n) is 2.43. The quantitative estimate of drug-likeness (QED) is 0.901. The first kappa shape index (κ1) is 13.0. The summed E-state index contributed by atoms with van der Waals surface area (Å²) in [4.78, 5) is 12.7. The van der Waals surface area contributed by atoms with E-state index in [0.717, 1.165) is 0 Å². The average molecular weight is 255 g/mol. The van der Waals surface area contributed by atoms with Gasteiger partial charge >= 0.3 is 5.97 Å². The second kappa shape index (κ2) is 5.02. The molecule has 2 rings (SSSR count). The number of halogens is 2. The van der Waals surface area contributed by atoms with Crippen LogP contribution in [0.2, 0.25) is 0 Å². The lowest BCUT2D eigenvalue weighted by atomic mass is 10.1. The molecule has 2 unspecified atom stereocenters. The standard InChI is InChI=1S/C13H15F2NO2/c1-8(12-10(14)3-2-4-11(12)15)16-6-5-9(7-16)13(17)18/h2-4,8-9H,5-7H2,1H3,(H,17,18). The maximum atomic E-state index is 13.6. The van der Waals surface area contributed by atoms with E-state index in [1.54, 1.807) is 11.8 Å². The molecule has 0 saturated carbocycles. The third-order valence-corrected chi connectivity index (χ3v) is 3.53. The molecular weight excluding hydrogens is 240 g/mol. The van der Waals surface area contributed by atoms with Crippen molar-refractivity contribution in [2.75, 3.05) is 13.1 Å². The van der Waals surface area contributed by atoms with Crippen LogP contribution < -0.4 is 0 Å². The van der Waals surface area contributed by atoms with Crippen molar-refractivity contribution in [2.45, 2.75) is 19.4 Å². The Kier molecular flexibility index (Phi) is 3.61. The summed E-state index contributed by atoms with van der Waals surface area (Å²) < 4.78 is 27.3. The molecule has 0 amide bonds. The minimum absolute atomic E-state index is 0.0172. The van der Waals surface area contributed by atoms with Gasteiger partial charge in [0.25, 0.3) is 0 Å². The first-order valence-corrected chi connectivity index (χ1v) is 5.91. The van der Waals surface area contributed by atoms with Gasteiger partial charge in [-0.25, -0.2) is 8.78 Å². The van der Waals surface area contributed by atoms with E-state index in [0.29, 0.717) is 19.5 Å². The fraction of sp³-hybridized carbons (Fsp3) is 0.462. The summed E-state index contributed by atoms with van der Waals surface area (Å²) >= 11 is 0. The molecule has 0 bridgehead atoms. The summed E-state index contributed by atoms with van der Waals surface area (Å²) in [6, 6.07) is 3.32. The average Bonchev–Trinajstić information content (AvgIpc) is 2.77. The van der Waals surface area contributed by atoms with Gasteiger partial charge in [0, 0.05) is 18.2 Å². The van der Waals surface area contributed by atoms with Crippen LogP contribution in [0.4, 0.5) is 8.78 Å². The Morgan fingerprint density at radius 1 is 1.44 bits per heavy atom. The Balaban J connectivity index is 2.18. The van der Waals surface area contributed by atoms with Crippen LogP contribution in [0.1, 0.15) is 24.9 Å². The van der Waals surface area contributed by atoms with Crippen LogP contribution in [0.15, 0.2) is 18.2 Å². The maximum Gasteiger partial charge on any atom is 0.307 e. The van der Waals surface area contributed by atoms with Crippen molar-refractivity contribution < 1.29 is 18.7 Å². The normalized spacial score (nSPS) is 22.1. The minimum Gasteiger partial charge on any atom is -0.481 e. The molecule has 0 aliphatic carbocycles. The van der Waals surface area contributed by atoms with Crippen LogP contribution in [0.25, 0.3) is 0 Å². The predicted molar refractivity (Wildman–Crippen MR) is 62.1 cm³/mol. The fourth-order valence-corrected chi connectivity index (χ4v) is 2.43. The number of rotatable bonds is 3. The highest BCUT2D eigenvalue weighted by molar-refractivity contribution is 5.70. The summed E-state index contributed by atoms with van der Waals surface area (Å²) in [6.45, 7) is 2.59. The van der Waals surface area contributed by atoms with E-state index in [1.807, 2.05) is 0 Å². The topological polar surface area (TPSA) is 40.5 Å². The van der Waals surface area contributed by atoms with Crippen molar-refractivity contribution >= 4 is 5.97 Å². The molecule has 0 spiro atoms. The van der Waals surface area contributed by atoms with Crippen molar-refractivity contribution in [3.05, 3.63) is 35.4 Å². The summed E-state index contributed by atoms with van der Waals surface area (Å²) in [6.07, 6.45) is 0.524. The van der Waals surface area contributed by atoms with Gasteiger partial charge in [0.2, 0.25) is 0 Å². The number of aliphatic carboxylic acids is 1. The zero-order valence-corrected chi connectivity index (χ0v) is 10.1. The second-order valence-electron chi connectivity index (χ2n) is 4.63. The molecule has 1 fully saturated rings. The molecule has 5 heteroatoms. The summed E-state index contributed by atoms with van der Waals surface area (Å²) in [7, 11) is 0. The van der Waals surface area contributed by atoms with Crippen LogP contribution in [-0.2, 0) is 4.79 Å². The molecule has 1 aromatic rings. The lowest BCUT2D eigenvalue weighted by Gasteiger charge is -2.25. The molecule has 3 nitrogen and oxygen atoms in total. The van der Waals surface area contributed by atoms with Crippen LogP contribution >= 0.6 is 0 Å². The van der Waals surface area contributed by atoms with Gasteiger partial charge in [-0.1, -0.05) is 6.07 Å². The van der Waals surface area contributed by atoms with Crippen molar-refractivity contribution in [1.29, 1.82) is 0 Å². The zero-order chi connectivity index (χ0) is 13.3. The van der Waals surface area contributed by atoms with E-state index >= 15 is 0 Å². The van der Waals surface area contributed by atoms with E-state index < -0.39 is 29.6 Å². The summed E-state index contributed by atoms with van der Waals surface area (Å²) in [5.74, 6) is -2.46. The molecule has 1 aliphatic rings. The van der Waals surface area contributed by atoms with E-state index in [9.17, 15) is 13.6 Å². The Morgan fingerprint density at radius 3 is 2.56 bits per heavy atom. The minimum atomic E-state index is -0.848. The molecule has 18 heavy (non-hydrogen) atoms. The van der Waals surface area contributed by atoms with E-state index in [1.165, 1.54) is 18.2 Å². The zero-order valence-electron chi connectivity index (χ0n) is 10.1. The number of carboxylic acid groups (broad SMARTS) is 1. The van der Waals surface area contributed by atoms with Gasteiger partial charge in [-0.3, -0.25) is 9.69 Å². The van der Waals surface area contributed by atoms with Gasteiger partial charge < -0.3 is 5.11 Å². The largest absolute Gasteiger partial charge is 0.481 e. The molecule has 1 heterocycles. The molecule has 2 atom stereocenters. The van der Waals surface area contributed by atoms with Crippen LogP contribution in [0, 0.1) is 17.6 Å². The van der Waals surface area contributed by atoms with Crippen molar-refractivity contribution in [2.24, 2.45) is 5.92 Å². The molecule has 0 radical (unpaired) electrons. The first-order valence-electron chi connectivity index (χ1n) is 5.91. The molecule has 1 N–H and O–H groups in total. The van der Waals surface area contributed by atoms with Crippen molar-refractivity contribution in [3.63, 3.8) is 0 Å². The monoisotopic (exact) mass is 255 g/mol. The number of hydrogen-bond donors (Lipinski definition) is 1. The highest BCUT2D eigenvalue weighted by Gasteiger charge is 2.32. The summed E-state index contributed by atoms with van der Waals surface area (Å²) in [5.41, 5.74) is 0.0172. The first-order chi connectivity index (χ1) is 8.50. The third kappa shape index (κ3) is 2.36. The lowest BCUT2D eigenvalue weighted by Crippen LogP contribution is -2.27. The SMILES string of the molecule is CC(c1c(F)cccc1F)N1CCC(C(=O)O)C1. The molecular formula is C13H15F2NO2. The van der Waals surface area contributed by atoms with E-state index in [4.69, 9.17) is 5.11 Å². The van der Waals surface area contributed by atoms with Gasteiger partial charge in [-0.05, 0) is 32.0 Å². The van der Waals surface area contributed by atoms with E-state index in [2.05, 4.69) is 0 Å². The second-order valence-corrected chi connectivity index (χ2v) is 4.63. The van der Waals surface area contributed by atoms with Gasteiger partial charge in [0.1, 0.15) is 11.6 Å². The third-order valence-electron chi connectivity index (χ3n) is 3.53. The lowest BCUT2D eigenvalue weighted by molar-refractivity contribution is -0.141.